The van der Waals surface area contributed by atoms with Gasteiger partial charge in [-0.2, -0.15) is 0 Å². The molecular formula is C15H20ClNO3. The first-order valence-electron chi connectivity index (χ1n) is 6.48. The zero-order valence-corrected chi connectivity index (χ0v) is 13.0. The number of ether oxygens (including phenoxy) is 1. The Kier molecular flexibility index (Phi) is 5.57. The highest BCUT2D eigenvalue weighted by Crippen LogP contribution is 2.28. The predicted octanol–water partition coefficient (Wildman–Crippen LogP) is 3.50. The second-order valence-corrected chi connectivity index (χ2v) is 5.99. The van der Waals surface area contributed by atoms with E-state index in [1.54, 1.807) is 31.2 Å². The van der Waals surface area contributed by atoms with Crippen molar-refractivity contribution in [2.24, 2.45) is 11.3 Å². The van der Waals surface area contributed by atoms with Crippen molar-refractivity contribution in [1.29, 1.82) is 0 Å². The van der Waals surface area contributed by atoms with Gasteiger partial charge in [-0.1, -0.05) is 38.4 Å². The third-order valence-corrected chi connectivity index (χ3v) is 2.98. The Morgan fingerprint density at radius 2 is 2.00 bits per heavy atom. The fourth-order valence-corrected chi connectivity index (χ4v) is 2.05. The molecule has 0 radical (unpaired) electrons. The molecule has 0 spiro atoms. The third kappa shape index (κ3) is 4.53. The number of nitrogens with one attached hydrogen (secondary N) is 1. The van der Waals surface area contributed by atoms with E-state index in [-0.39, 0.29) is 6.61 Å². The molecule has 0 aliphatic heterocycles. The number of benzene rings is 1. The second-order valence-electron chi connectivity index (χ2n) is 5.55. The molecule has 1 N–H and O–H groups in total. The maximum Gasteiger partial charge on any atom is 0.319 e. The normalized spacial score (nSPS) is 12.7. The molecule has 0 fully saturated rings. The molecule has 0 saturated carbocycles. The predicted molar refractivity (Wildman–Crippen MR) is 79.7 cm³/mol. The largest absolute Gasteiger partial charge is 0.465 e. The minimum Gasteiger partial charge on any atom is -0.465 e. The third-order valence-electron chi connectivity index (χ3n) is 2.74. The summed E-state index contributed by atoms with van der Waals surface area (Å²) in [5, 5.41) is 3.22. The average Bonchev–Trinajstić information content (AvgIpc) is 2.26. The highest BCUT2D eigenvalue weighted by molar-refractivity contribution is 6.30. The molecule has 1 amide bonds. The lowest BCUT2D eigenvalue weighted by Crippen LogP contribution is -2.40. The van der Waals surface area contributed by atoms with Gasteiger partial charge in [0, 0.05) is 10.7 Å². The first-order valence-corrected chi connectivity index (χ1v) is 6.86. The molecule has 5 heteroatoms. The van der Waals surface area contributed by atoms with Crippen molar-refractivity contribution in [3.63, 3.8) is 0 Å². The highest BCUT2D eigenvalue weighted by Gasteiger charge is 2.38. The van der Waals surface area contributed by atoms with Gasteiger partial charge in [0.1, 0.15) is 5.92 Å². The molecule has 1 aromatic rings. The number of esters is 1. The van der Waals surface area contributed by atoms with Crippen molar-refractivity contribution in [2.45, 2.75) is 27.7 Å². The molecule has 0 saturated heterocycles. The Morgan fingerprint density at radius 1 is 1.35 bits per heavy atom. The summed E-state index contributed by atoms with van der Waals surface area (Å²) in [7, 11) is 0. The van der Waals surface area contributed by atoms with Crippen LogP contribution in [0.3, 0.4) is 0 Å². The Balaban J connectivity index is 2.92. The molecule has 0 aromatic heterocycles. The topological polar surface area (TPSA) is 55.4 Å². The van der Waals surface area contributed by atoms with Gasteiger partial charge in [-0.15, -0.1) is 0 Å². The summed E-state index contributed by atoms with van der Waals surface area (Å²) in [6.45, 7) is 7.44. The first-order chi connectivity index (χ1) is 9.25. The van der Waals surface area contributed by atoms with Gasteiger partial charge in [0.2, 0.25) is 5.91 Å². The minimum atomic E-state index is -0.874. The van der Waals surface area contributed by atoms with Gasteiger partial charge in [0.15, 0.2) is 0 Å². The molecule has 4 nitrogen and oxygen atoms in total. The van der Waals surface area contributed by atoms with Crippen LogP contribution < -0.4 is 5.32 Å². The lowest BCUT2D eigenvalue weighted by atomic mass is 9.80. The van der Waals surface area contributed by atoms with Crippen LogP contribution in [0.5, 0.6) is 0 Å². The van der Waals surface area contributed by atoms with E-state index in [1.807, 2.05) is 20.8 Å². The first kappa shape index (κ1) is 16.5. The molecular weight excluding hydrogens is 278 g/mol. The van der Waals surface area contributed by atoms with E-state index in [1.165, 1.54) is 0 Å². The highest BCUT2D eigenvalue weighted by atomic mass is 35.5. The maximum atomic E-state index is 12.3. The van der Waals surface area contributed by atoms with Crippen LogP contribution in [0.4, 0.5) is 5.69 Å². The van der Waals surface area contributed by atoms with E-state index < -0.39 is 23.2 Å². The zero-order valence-electron chi connectivity index (χ0n) is 12.2. The fraction of sp³-hybridized carbons (Fsp3) is 0.467. The molecule has 1 rings (SSSR count). The van der Waals surface area contributed by atoms with Crippen molar-refractivity contribution >= 4 is 29.2 Å². The molecule has 0 aliphatic carbocycles. The van der Waals surface area contributed by atoms with Gasteiger partial charge in [-0.3, -0.25) is 9.59 Å². The van der Waals surface area contributed by atoms with Crippen molar-refractivity contribution in [1.82, 2.24) is 0 Å². The van der Waals surface area contributed by atoms with Crippen molar-refractivity contribution < 1.29 is 14.3 Å². The van der Waals surface area contributed by atoms with E-state index in [0.717, 1.165) is 0 Å². The Labute approximate surface area is 124 Å². The Hall–Kier alpha value is -1.55. The number of carbonyl (C=O) groups excluding carboxylic acids is 2. The van der Waals surface area contributed by atoms with Crippen LogP contribution in [0.25, 0.3) is 0 Å². The van der Waals surface area contributed by atoms with Crippen molar-refractivity contribution in [3.05, 3.63) is 29.3 Å². The van der Waals surface area contributed by atoms with E-state index in [4.69, 9.17) is 16.3 Å². The summed E-state index contributed by atoms with van der Waals surface area (Å²) in [4.78, 5) is 24.3. The van der Waals surface area contributed by atoms with Gasteiger partial charge in [-0.25, -0.2) is 0 Å². The average molecular weight is 298 g/mol. The molecule has 0 bridgehead atoms. The van der Waals surface area contributed by atoms with E-state index in [2.05, 4.69) is 5.32 Å². The minimum absolute atomic E-state index is 0.246. The summed E-state index contributed by atoms with van der Waals surface area (Å²) >= 11 is 5.87. The number of carbonyl (C=O) groups is 2. The molecule has 0 aliphatic rings. The smallest absolute Gasteiger partial charge is 0.319 e. The fourth-order valence-electron chi connectivity index (χ4n) is 1.86. The van der Waals surface area contributed by atoms with E-state index in [0.29, 0.717) is 10.7 Å². The van der Waals surface area contributed by atoms with Crippen LogP contribution in [-0.4, -0.2) is 18.5 Å². The van der Waals surface area contributed by atoms with Gasteiger partial charge in [0.25, 0.3) is 0 Å². The maximum absolute atomic E-state index is 12.3. The van der Waals surface area contributed by atoms with Crippen molar-refractivity contribution in [2.75, 3.05) is 11.9 Å². The van der Waals surface area contributed by atoms with Gasteiger partial charge in [0.05, 0.1) is 6.61 Å². The van der Waals surface area contributed by atoms with Gasteiger partial charge in [-0.05, 0) is 30.5 Å². The monoisotopic (exact) mass is 297 g/mol. The van der Waals surface area contributed by atoms with E-state index >= 15 is 0 Å². The van der Waals surface area contributed by atoms with Crippen LogP contribution in [0.1, 0.15) is 27.7 Å². The van der Waals surface area contributed by atoms with Crippen LogP contribution in [0.2, 0.25) is 5.02 Å². The van der Waals surface area contributed by atoms with E-state index in [9.17, 15) is 9.59 Å². The van der Waals surface area contributed by atoms with Crippen molar-refractivity contribution in [3.8, 4) is 0 Å². The summed E-state index contributed by atoms with van der Waals surface area (Å²) in [5.41, 5.74) is 0.0237. The van der Waals surface area contributed by atoms with Crippen LogP contribution in [-0.2, 0) is 14.3 Å². The lowest BCUT2D eigenvalue weighted by molar-refractivity contribution is -0.155. The molecule has 110 valence electrons. The number of halogens is 1. The molecule has 1 unspecified atom stereocenters. The number of rotatable bonds is 4. The molecule has 1 aromatic carbocycles. The summed E-state index contributed by atoms with van der Waals surface area (Å²) in [5.74, 6) is -1.78. The quantitative estimate of drug-likeness (QED) is 0.683. The SMILES string of the molecule is CCOC(=O)C(C(=O)Nc1cccc(Cl)c1)C(C)(C)C. The molecule has 1 atom stereocenters. The van der Waals surface area contributed by atoms with Gasteiger partial charge < -0.3 is 10.1 Å². The zero-order chi connectivity index (χ0) is 15.3. The summed E-state index contributed by atoms with van der Waals surface area (Å²) < 4.78 is 4.99. The summed E-state index contributed by atoms with van der Waals surface area (Å²) in [6.07, 6.45) is 0. The van der Waals surface area contributed by atoms with Crippen LogP contribution >= 0.6 is 11.6 Å². The Bertz CT molecular complexity index is 494. The molecule has 20 heavy (non-hydrogen) atoms. The Morgan fingerprint density at radius 3 is 2.50 bits per heavy atom. The van der Waals surface area contributed by atoms with Crippen LogP contribution in [0.15, 0.2) is 24.3 Å². The standard InChI is InChI=1S/C15H20ClNO3/c1-5-20-14(19)12(15(2,3)4)13(18)17-11-8-6-7-10(16)9-11/h6-9,12H,5H2,1-4H3,(H,17,18). The van der Waals surface area contributed by atoms with Gasteiger partial charge >= 0.3 is 5.97 Å². The second kappa shape index (κ2) is 6.75. The lowest BCUT2D eigenvalue weighted by Gasteiger charge is -2.27. The number of amides is 1. The van der Waals surface area contributed by atoms with Crippen LogP contribution in [0, 0.1) is 11.3 Å². The summed E-state index contributed by atoms with van der Waals surface area (Å²) in [6, 6.07) is 6.79. The number of hydrogen-bond donors (Lipinski definition) is 1. The number of anilines is 1. The number of hydrogen-bond acceptors (Lipinski definition) is 3. The molecule has 0 heterocycles.